The van der Waals surface area contributed by atoms with E-state index in [2.05, 4.69) is 10.6 Å². The maximum Gasteiger partial charge on any atom is 0.265 e. The lowest BCUT2D eigenvalue weighted by atomic mass is 10.1. The summed E-state index contributed by atoms with van der Waals surface area (Å²) in [6.07, 6.45) is -0.822. The summed E-state index contributed by atoms with van der Waals surface area (Å²) in [7, 11) is 0. The van der Waals surface area contributed by atoms with Gasteiger partial charge in [-0.1, -0.05) is 54.6 Å². The van der Waals surface area contributed by atoms with Crippen LogP contribution in [0.25, 0.3) is 0 Å². The van der Waals surface area contributed by atoms with Crippen LogP contribution in [0.3, 0.4) is 0 Å². The molecule has 160 valence electrons. The molecule has 3 rings (SSSR count). The lowest BCUT2D eigenvalue weighted by molar-refractivity contribution is -0.122. The fourth-order valence-electron chi connectivity index (χ4n) is 2.96. The predicted octanol–water partition coefficient (Wildman–Crippen LogP) is 4.42. The molecule has 6 nitrogen and oxygen atoms in total. The normalized spacial score (nSPS) is 11.3. The van der Waals surface area contributed by atoms with Crippen LogP contribution in [0, 0.1) is 0 Å². The molecule has 0 unspecified atom stereocenters. The number of para-hydroxylation sites is 3. The molecule has 0 aliphatic rings. The molecule has 0 aliphatic carbocycles. The minimum Gasteiger partial charge on any atom is -0.492 e. The van der Waals surface area contributed by atoms with Gasteiger partial charge in [-0.05, 0) is 43.7 Å². The Morgan fingerprint density at radius 3 is 2.26 bits per heavy atom. The van der Waals surface area contributed by atoms with E-state index in [0.29, 0.717) is 35.9 Å². The van der Waals surface area contributed by atoms with Crippen molar-refractivity contribution in [1.29, 1.82) is 0 Å². The molecule has 0 saturated heterocycles. The van der Waals surface area contributed by atoms with Gasteiger partial charge in [0.15, 0.2) is 6.10 Å². The smallest absolute Gasteiger partial charge is 0.265 e. The van der Waals surface area contributed by atoms with Gasteiger partial charge in [0.25, 0.3) is 11.8 Å². The molecular formula is C25H26N2O4. The Morgan fingerprint density at radius 1 is 0.871 bits per heavy atom. The third-order valence-corrected chi connectivity index (χ3v) is 4.55. The van der Waals surface area contributed by atoms with Crippen molar-refractivity contribution < 1.29 is 19.1 Å². The van der Waals surface area contributed by atoms with E-state index in [0.717, 1.165) is 5.56 Å². The highest BCUT2D eigenvalue weighted by molar-refractivity contribution is 5.98. The molecular weight excluding hydrogens is 392 g/mol. The van der Waals surface area contributed by atoms with Crippen molar-refractivity contribution in [3.63, 3.8) is 0 Å². The first-order chi connectivity index (χ1) is 15.1. The van der Waals surface area contributed by atoms with Crippen LogP contribution in [-0.2, 0) is 11.3 Å². The highest BCUT2D eigenvalue weighted by Gasteiger charge is 2.20. The highest BCUT2D eigenvalue weighted by Crippen LogP contribution is 2.25. The minimum absolute atomic E-state index is 0.270. The summed E-state index contributed by atoms with van der Waals surface area (Å²) in [6.45, 7) is 4.41. The summed E-state index contributed by atoms with van der Waals surface area (Å²) >= 11 is 0. The van der Waals surface area contributed by atoms with E-state index in [9.17, 15) is 9.59 Å². The molecule has 3 aromatic rings. The number of nitrogens with one attached hydrogen (secondary N) is 2. The van der Waals surface area contributed by atoms with E-state index in [1.165, 1.54) is 0 Å². The van der Waals surface area contributed by atoms with Crippen molar-refractivity contribution in [1.82, 2.24) is 5.32 Å². The Hall–Kier alpha value is -3.80. The Morgan fingerprint density at radius 2 is 1.52 bits per heavy atom. The predicted molar refractivity (Wildman–Crippen MR) is 120 cm³/mol. The van der Waals surface area contributed by atoms with Crippen LogP contribution >= 0.6 is 0 Å². The van der Waals surface area contributed by atoms with Crippen LogP contribution in [0.5, 0.6) is 11.5 Å². The first-order valence-corrected chi connectivity index (χ1v) is 10.2. The third-order valence-electron chi connectivity index (χ3n) is 4.55. The van der Waals surface area contributed by atoms with Crippen molar-refractivity contribution in [3.05, 3.63) is 90.0 Å². The third kappa shape index (κ3) is 6.09. The quantitative estimate of drug-likeness (QED) is 0.539. The summed E-state index contributed by atoms with van der Waals surface area (Å²) in [5.41, 5.74) is 1.93. The van der Waals surface area contributed by atoms with Crippen LogP contribution in [0.15, 0.2) is 78.9 Å². The van der Waals surface area contributed by atoms with Crippen LogP contribution in [0.2, 0.25) is 0 Å². The van der Waals surface area contributed by atoms with Gasteiger partial charge in [-0.25, -0.2) is 0 Å². The number of benzene rings is 3. The number of ether oxygens (including phenoxy) is 2. The van der Waals surface area contributed by atoms with Gasteiger partial charge < -0.3 is 20.1 Å². The second-order valence-electron chi connectivity index (χ2n) is 6.84. The molecule has 0 radical (unpaired) electrons. The van der Waals surface area contributed by atoms with Gasteiger partial charge in [0.2, 0.25) is 0 Å². The van der Waals surface area contributed by atoms with E-state index in [4.69, 9.17) is 9.47 Å². The standard InChI is InChI=1S/C25H26N2O4/c1-3-30-23-16-10-8-14-21(23)27-24(28)18(2)31-22-15-9-7-13-20(22)25(29)26-17-19-11-5-4-6-12-19/h4-16,18H,3,17H2,1-2H3,(H,26,29)(H,27,28)/t18-/m0/s1. The second-order valence-corrected chi connectivity index (χ2v) is 6.84. The van der Waals surface area contributed by atoms with E-state index in [1.807, 2.05) is 49.4 Å². The lowest BCUT2D eigenvalue weighted by Gasteiger charge is -2.18. The van der Waals surface area contributed by atoms with Crippen LogP contribution in [0.4, 0.5) is 5.69 Å². The maximum absolute atomic E-state index is 12.7. The monoisotopic (exact) mass is 418 g/mol. The molecule has 0 fully saturated rings. The van der Waals surface area contributed by atoms with Crippen molar-refractivity contribution >= 4 is 17.5 Å². The molecule has 6 heteroatoms. The zero-order chi connectivity index (χ0) is 22.1. The van der Waals surface area contributed by atoms with Crippen LogP contribution in [0.1, 0.15) is 29.8 Å². The van der Waals surface area contributed by atoms with Gasteiger partial charge in [0, 0.05) is 6.54 Å². The molecule has 0 heterocycles. The zero-order valence-corrected chi connectivity index (χ0v) is 17.6. The van der Waals surface area contributed by atoms with E-state index in [-0.39, 0.29) is 11.8 Å². The van der Waals surface area contributed by atoms with Crippen molar-refractivity contribution in [2.24, 2.45) is 0 Å². The van der Waals surface area contributed by atoms with Gasteiger partial charge in [0.1, 0.15) is 11.5 Å². The average molecular weight is 418 g/mol. The Kier molecular flexibility index (Phi) is 7.65. The molecule has 3 aromatic carbocycles. The molecule has 2 N–H and O–H groups in total. The number of carbonyl (C=O) groups excluding carboxylic acids is 2. The van der Waals surface area contributed by atoms with E-state index in [1.54, 1.807) is 43.3 Å². The van der Waals surface area contributed by atoms with Gasteiger partial charge in [-0.15, -0.1) is 0 Å². The second kappa shape index (κ2) is 10.8. The molecule has 0 bridgehead atoms. The average Bonchev–Trinajstić information content (AvgIpc) is 2.80. The molecule has 0 spiro atoms. The van der Waals surface area contributed by atoms with E-state index < -0.39 is 6.10 Å². The van der Waals surface area contributed by atoms with Gasteiger partial charge >= 0.3 is 0 Å². The summed E-state index contributed by atoms with van der Waals surface area (Å²) in [5.74, 6) is 0.320. The van der Waals surface area contributed by atoms with E-state index >= 15 is 0 Å². The molecule has 0 saturated carbocycles. The number of hydrogen-bond donors (Lipinski definition) is 2. The minimum atomic E-state index is -0.822. The first-order valence-electron chi connectivity index (χ1n) is 10.2. The van der Waals surface area contributed by atoms with Crippen molar-refractivity contribution in [2.45, 2.75) is 26.5 Å². The summed E-state index contributed by atoms with van der Waals surface area (Å²) in [4.78, 5) is 25.4. The zero-order valence-electron chi connectivity index (χ0n) is 17.6. The number of anilines is 1. The topological polar surface area (TPSA) is 76.7 Å². The van der Waals surface area contributed by atoms with Gasteiger partial charge in [-0.2, -0.15) is 0 Å². The number of hydrogen-bond acceptors (Lipinski definition) is 4. The Balaban J connectivity index is 1.65. The lowest BCUT2D eigenvalue weighted by Crippen LogP contribution is -2.31. The molecule has 31 heavy (non-hydrogen) atoms. The molecule has 0 aliphatic heterocycles. The summed E-state index contributed by atoms with van der Waals surface area (Å²) < 4.78 is 11.4. The number of amides is 2. The maximum atomic E-state index is 12.7. The molecule has 2 amide bonds. The van der Waals surface area contributed by atoms with Crippen LogP contribution in [-0.4, -0.2) is 24.5 Å². The molecule has 0 aromatic heterocycles. The highest BCUT2D eigenvalue weighted by atomic mass is 16.5. The van der Waals surface area contributed by atoms with Gasteiger partial charge in [-0.3, -0.25) is 9.59 Å². The fraction of sp³-hybridized carbons (Fsp3) is 0.200. The Bertz CT molecular complexity index is 1020. The molecule has 1 atom stereocenters. The van der Waals surface area contributed by atoms with Gasteiger partial charge in [0.05, 0.1) is 17.9 Å². The SMILES string of the molecule is CCOc1ccccc1NC(=O)[C@H](C)Oc1ccccc1C(=O)NCc1ccccc1. The number of rotatable bonds is 9. The summed E-state index contributed by atoms with van der Waals surface area (Å²) in [5, 5.41) is 5.70. The Labute approximate surface area is 182 Å². The number of carbonyl (C=O) groups is 2. The fourth-order valence-corrected chi connectivity index (χ4v) is 2.96. The summed E-state index contributed by atoms with van der Waals surface area (Å²) in [6, 6.07) is 23.7. The largest absolute Gasteiger partial charge is 0.492 e. The van der Waals surface area contributed by atoms with Crippen molar-refractivity contribution in [2.75, 3.05) is 11.9 Å². The van der Waals surface area contributed by atoms with Crippen molar-refractivity contribution in [3.8, 4) is 11.5 Å². The van der Waals surface area contributed by atoms with Crippen LogP contribution < -0.4 is 20.1 Å². The first kappa shape index (κ1) is 21.9.